The summed E-state index contributed by atoms with van der Waals surface area (Å²) < 4.78 is 16.8. The van der Waals surface area contributed by atoms with E-state index in [0.717, 1.165) is 83.5 Å². The number of rotatable bonds is 49. The largest absolute Gasteiger partial charge is 0.462 e. The van der Waals surface area contributed by atoms with Crippen molar-refractivity contribution < 1.29 is 28.6 Å². The number of allylic oxidation sites excluding steroid dienone is 10. The molecule has 0 radical (unpaired) electrons. The molecule has 0 heterocycles. The summed E-state index contributed by atoms with van der Waals surface area (Å²) in [5, 5.41) is 0. The second kappa shape index (κ2) is 52.7. The van der Waals surface area contributed by atoms with Gasteiger partial charge >= 0.3 is 17.9 Å². The van der Waals surface area contributed by atoms with Crippen LogP contribution in [0.25, 0.3) is 0 Å². The Morgan fingerprint density at radius 3 is 0.969 bits per heavy atom. The lowest BCUT2D eigenvalue weighted by Gasteiger charge is -2.18. The van der Waals surface area contributed by atoms with E-state index in [1.807, 2.05) is 0 Å². The maximum absolute atomic E-state index is 12.8. The van der Waals surface area contributed by atoms with Gasteiger partial charge in [-0.25, -0.2) is 0 Å². The van der Waals surface area contributed by atoms with Gasteiger partial charge in [0.05, 0.1) is 0 Å². The van der Waals surface area contributed by atoms with Gasteiger partial charge in [-0.1, -0.05) is 248 Å². The standard InChI is InChI=1S/C58H102O6/c1-4-7-10-13-16-19-22-25-28-31-33-36-39-42-45-48-51-57(60)63-54-55(64-58(61)52-49-46-43-40-37-34-30-27-24-21-18-15-12-9-6-3)53-62-56(59)50-47-44-41-38-35-32-29-26-23-20-17-14-11-8-5-2/h9,12,15,18,21,24,28,31,33,36,55H,4-8,10-11,13-14,16-17,19-20,22-23,25-27,29-30,32,34-35,37-54H2,1-3H3/b12-9-,18-15-,24-21-,31-28-,36-33-. The molecular weight excluding hydrogens is 793 g/mol. The lowest BCUT2D eigenvalue weighted by Crippen LogP contribution is -2.30. The zero-order chi connectivity index (χ0) is 46.5. The first kappa shape index (κ1) is 61.1. The van der Waals surface area contributed by atoms with E-state index in [1.54, 1.807) is 0 Å². The highest BCUT2D eigenvalue weighted by Crippen LogP contribution is 2.16. The smallest absolute Gasteiger partial charge is 0.306 e. The summed E-state index contributed by atoms with van der Waals surface area (Å²) in [5.74, 6) is -0.916. The summed E-state index contributed by atoms with van der Waals surface area (Å²) in [6.07, 6.45) is 64.9. The number of carbonyl (C=O) groups excluding carboxylic acids is 3. The highest BCUT2D eigenvalue weighted by Gasteiger charge is 2.19. The molecule has 0 amide bonds. The predicted octanol–water partition coefficient (Wildman–Crippen LogP) is 18.0. The van der Waals surface area contributed by atoms with Crippen LogP contribution in [0.4, 0.5) is 0 Å². The Balaban J connectivity index is 4.42. The quantitative estimate of drug-likeness (QED) is 0.0262. The fraction of sp³-hybridized carbons (Fsp3) is 0.776. The first-order valence-corrected chi connectivity index (χ1v) is 27.3. The van der Waals surface area contributed by atoms with Crippen LogP contribution < -0.4 is 0 Å². The highest BCUT2D eigenvalue weighted by atomic mass is 16.6. The first-order chi connectivity index (χ1) is 31.5. The van der Waals surface area contributed by atoms with E-state index in [2.05, 4.69) is 81.5 Å². The van der Waals surface area contributed by atoms with Crippen molar-refractivity contribution in [2.45, 2.75) is 277 Å². The van der Waals surface area contributed by atoms with Gasteiger partial charge in [-0.05, 0) is 64.2 Å². The summed E-state index contributed by atoms with van der Waals surface area (Å²) in [6, 6.07) is 0. The van der Waals surface area contributed by atoms with Crippen LogP contribution in [0, 0.1) is 0 Å². The molecule has 0 bridgehead atoms. The molecule has 0 aliphatic heterocycles. The molecule has 0 aromatic heterocycles. The zero-order valence-electron chi connectivity index (χ0n) is 42.3. The number of unbranched alkanes of at least 4 members (excludes halogenated alkanes) is 31. The SMILES string of the molecule is CC\C=C/C=C\C=C/CCCCCCCCCC(=O)OC(COC(=O)CCCCC/C=C\C=C/CCCCCCCCC)COC(=O)CCCCCCCCCCCCCCCCC. The van der Waals surface area contributed by atoms with Crippen molar-refractivity contribution in [3.63, 3.8) is 0 Å². The van der Waals surface area contributed by atoms with E-state index >= 15 is 0 Å². The van der Waals surface area contributed by atoms with Crippen molar-refractivity contribution in [1.29, 1.82) is 0 Å². The van der Waals surface area contributed by atoms with E-state index < -0.39 is 6.10 Å². The molecule has 6 nitrogen and oxygen atoms in total. The molecule has 0 saturated carbocycles. The third-order valence-electron chi connectivity index (χ3n) is 11.8. The van der Waals surface area contributed by atoms with Gasteiger partial charge in [0.2, 0.25) is 0 Å². The molecule has 64 heavy (non-hydrogen) atoms. The fourth-order valence-electron chi connectivity index (χ4n) is 7.73. The average Bonchev–Trinajstić information content (AvgIpc) is 3.29. The third kappa shape index (κ3) is 50.1. The fourth-order valence-corrected chi connectivity index (χ4v) is 7.73. The molecule has 0 fully saturated rings. The van der Waals surface area contributed by atoms with Gasteiger partial charge in [-0.3, -0.25) is 14.4 Å². The molecule has 370 valence electrons. The van der Waals surface area contributed by atoms with Crippen molar-refractivity contribution in [1.82, 2.24) is 0 Å². The summed E-state index contributed by atoms with van der Waals surface area (Å²) in [7, 11) is 0. The van der Waals surface area contributed by atoms with Crippen LogP contribution in [0.3, 0.4) is 0 Å². The monoisotopic (exact) mass is 895 g/mol. The van der Waals surface area contributed by atoms with E-state index in [9.17, 15) is 14.4 Å². The van der Waals surface area contributed by atoms with Gasteiger partial charge in [0.15, 0.2) is 6.10 Å². The Morgan fingerprint density at radius 1 is 0.328 bits per heavy atom. The van der Waals surface area contributed by atoms with Gasteiger partial charge in [0, 0.05) is 19.3 Å². The van der Waals surface area contributed by atoms with Crippen LogP contribution in [-0.4, -0.2) is 37.2 Å². The Kier molecular flexibility index (Phi) is 50.4. The van der Waals surface area contributed by atoms with Crippen LogP contribution in [-0.2, 0) is 28.6 Å². The molecule has 0 saturated heterocycles. The molecule has 0 aromatic rings. The van der Waals surface area contributed by atoms with Gasteiger partial charge in [-0.15, -0.1) is 0 Å². The second-order valence-electron chi connectivity index (χ2n) is 18.2. The maximum Gasteiger partial charge on any atom is 0.306 e. The van der Waals surface area contributed by atoms with E-state index in [4.69, 9.17) is 14.2 Å². The van der Waals surface area contributed by atoms with Crippen LogP contribution in [0.5, 0.6) is 0 Å². The molecule has 0 aliphatic rings. The van der Waals surface area contributed by atoms with Gasteiger partial charge < -0.3 is 14.2 Å². The van der Waals surface area contributed by atoms with E-state index in [-0.39, 0.29) is 31.1 Å². The summed E-state index contributed by atoms with van der Waals surface area (Å²) >= 11 is 0. The molecule has 0 N–H and O–H groups in total. The zero-order valence-corrected chi connectivity index (χ0v) is 42.3. The number of carbonyl (C=O) groups is 3. The second-order valence-corrected chi connectivity index (χ2v) is 18.2. The van der Waals surface area contributed by atoms with Crippen LogP contribution >= 0.6 is 0 Å². The van der Waals surface area contributed by atoms with E-state index in [1.165, 1.54) is 148 Å². The number of esters is 3. The van der Waals surface area contributed by atoms with Crippen LogP contribution in [0.2, 0.25) is 0 Å². The van der Waals surface area contributed by atoms with Crippen LogP contribution in [0.1, 0.15) is 271 Å². The normalized spacial score (nSPS) is 12.5. The minimum Gasteiger partial charge on any atom is -0.462 e. The van der Waals surface area contributed by atoms with Crippen molar-refractivity contribution in [3.05, 3.63) is 60.8 Å². The number of hydrogen-bond donors (Lipinski definition) is 0. The minimum atomic E-state index is -0.789. The number of ether oxygens (including phenoxy) is 3. The summed E-state index contributed by atoms with van der Waals surface area (Å²) in [4.78, 5) is 38.1. The maximum atomic E-state index is 12.8. The Bertz CT molecular complexity index is 1170. The van der Waals surface area contributed by atoms with E-state index in [0.29, 0.717) is 19.3 Å². The van der Waals surface area contributed by atoms with Crippen molar-refractivity contribution in [3.8, 4) is 0 Å². The average molecular weight is 895 g/mol. The summed E-state index contributed by atoms with van der Waals surface area (Å²) in [6.45, 7) is 6.49. The highest BCUT2D eigenvalue weighted by molar-refractivity contribution is 5.71. The Hall–Kier alpha value is -2.89. The first-order valence-electron chi connectivity index (χ1n) is 27.3. The molecule has 1 unspecified atom stereocenters. The van der Waals surface area contributed by atoms with Crippen molar-refractivity contribution in [2.24, 2.45) is 0 Å². The molecule has 0 rings (SSSR count). The lowest BCUT2D eigenvalue weighted by molar-refractivity contribution is -0.167. The molecule has 6 heteroatoms. The Morgan fingerprint density at radius 2 is 0.609 bits per heavy atom. The predicted molar refractivity (Wildman–Crippen MR) is 275 cm³/mol. The number of hydrogen-bond acceptors (Lipinski definition) is 6. The van der Waals surface area contributed by atoms with Gasteiger partial charge in [0.1, 0.15) is 13.2 Å². The van der Waals surface area contributed by atoms with Crippen LogP contribution in [0.15, 0.2) is 60.8 Å². The van der Waals surface area contributed by atoms with Gasteiger partial charge in [-0.2, -0.15) is 0 Å². The summed E-state index contributed by atoms with van der Waals surface area (Å²) in [5.41, 5.74) is 0. The van der Waals surface area contributed by atoms with Gasteiger partial charge in [0.25, 0.3) is 0 Å². The Labute approximate surface area is 396 Å². The molecule has 0 spiro atoms. The molecule has 1 atom stereocenters. The minimum absolute atomic E-state index is 0.0855. The topological polar surface area (TPSA) is 78.9 Å². The molecule has 0 aromatic carbocycles. The van der Waals surface area contributed by atoms with Crippen molar-refractivity contribution in [2.75, 3.05) is 13.2 Å². The van der Waals surface area contributed by atoms with Crippen molar-refractivity contribution >= 4 is 17.9 Å². The lowest BCUT2D eigenvalue weighted by atomic mass is 10.0. The molecular formula is C58H102O6. The molecule has 0 aliphatic carbocycles. The third-order valence-corrected chi connectivity index (χ3v) is 11.8.